The fraction of sp³-hybridized carbons (Fsp3) is 0.609. The monoisotopic (exact) mass is 505 g/mol. The number of halogens is 3. The highest BCUT2D eigenvalue weighted by molar-refractivity contribution is 7.87. The molecule has 0 bridgehead atoms. The first-order valence-corrected chi connectivity index (χ1v) is 12.3. The molecule has 1 fully saturated rings. The zero-order valence-electron chi connectivity index (χ0n) is 20.3. The Bertz CT molecular complexity index is 1140. The van der Waals surface area contributed by atoms with Crippen LogP contribution in [0.15, 0.2) is 11.6 Å². The van der Waals surface area contributed by atoms with Crippen molar-refractivity contribution in [3.8, 4) is 5.75 Å². The number of amides is 1. The average molecular weight is 506 g/mol. The van der Waals surface area contributed by atoms with Gasteiger partial charge in [0.25, 0.3) is 0 Å². The first-order chi connectivity index (χ1) is 15.4. The maximum atomic E-state index is 13.2. The normalized spacial score (nSPS) is 18.5. The smallest absolute Gasteiger partial charge is 0.482 e. The maximum Gasteiger partial charge on any atom is 0.534 e. The van der Waals surface area contributed by atoms with Gasteiger partial charge >= 0.3 is 21.7 Å². The molecule has 0 N–H and O–H groups in total. The maximum absolute atomic E-state index is 13.2. The molecule has 0 atom stereocenters. The van der Waals surface area contributed by atoms with Crippen LogP contribution in [0.3, 0.4) is 0 Å². The molecule has 1 spiro atoms. The van der Waals surface area contributed by atoms with E-state index >= 15 is 0 Å². The molecule has 34 heavy (non-hydrogen) atoms. The lowest BCUT2D eigenvalue weighted by Crippen LogP contribution is -2.52. The van der Waals surface area contributed by atoms with Crippen LogP contribution in [0.4, 0.5) is 18.0 Å². The zero-order chi connectivity index (χ0) is 25.9. The van der Waals surface area contributed by atoms with Gasteiger partial charge in [-0.3, -0.25) is 0 Å². The second kappa shape index (κ2) is 8.35. The molecule has 3 rings (SSSR count). The molecular formula is C23H30F3NO6S. The number of carbonyl (C=O) groups excluding carboxylic acids is 1. The molecule has 0 radical (unpaired) electrons. The summed E-state index contributed by atoms with van der Waals surface area (Å²) in [5.74, 6) is -0.0951. The molecule has 1 amide bonds. The molecule has 190 valence electrons. The van der Waals surface area contributed by atoms with Crippen molar-refractivity contribution < 1.29 is 40.0 Å². The molecule has 0 unspecified atom stereocenters. The summed E-state index contributed by atoms with van der Waals surface area (Å²) in [6, 6.07) is 1.57. The Balaban J connectivity index is 2.06. The summed E-state index contributed by atoms with van der Waals surface area (Å²) in [6.07, 6.45) is -0.0509. The van der Waals surface area contributed by atoms with Crippen LogP contribution in [-0.4, -0.2) is 49.2 Å². The Morgan fingerprint density at radius 1 is 1.06 bits per heavy atom. The van der Waals surface area contributed by atoms with Crippen LogP contribution in [0.1, 0.15) is 62.8 Å². The van der Waals surface area contributed by atoms with E-state index in [1.54, 1.807) is 40.7 Å². The molecule has 7 nitrogen and oxygen atoms in total. The van der Waals surface area contributed by atoms with Gasteiger partial charge in [-0.05, 0) is 71.2 Å². The predicted molar refractivity (Wildman–Crippen MR) is 120 cm³/mol. The van der Waals surface area contributed by atoms with E-state index in [0.717, 1.165) is 11.1 Å². The highest BCUT2D eigenvalue weighted by Gasteiger charge is 2.52. The zero-order valence-corrected chi connectivity index (χ0v) is 21.2. The molecule has 1 saturated heterocycles. The highest BCUT2D eigenvalue weighted by Crippen LogP contribution is 2.49. The van der Waals surface area contributed by atoms with Crippen molar-refractivity contribution >= 4 is 22.0 Å². The lowest BCUT2D eigenvalue weighted by Gasteiger charge is -2.46. The van der Waals surface area contributed by atoms with Gasteiger partial charge in [0.2, 0.25) is 0 Å². The summed E-state index contributed by atoms with van der Waals surface area (Å²) in [7, 11) is -5.91. The Hall–Kier alpha value is -2.43. The van der Waals surface area contributed by atoms with E-state index in [9.17, 15) is 26.4 Å². The SMILES string of the molecule is CC1=C(OS(=O)(=O)C(F)(F)F)c2cc(C)c(C)c(C)c2OC12CCN(C(=O)OC(C)(C)C)CC2. The second-order valence-corrected chi connectivity index (χ2v) is 11.4. The van der Waals surface area contributed by atoms with E-state index in [0.29, 0.717) is 5.56 Å². The van der Waals surface area contributed by atoms with Crippen molar-refractivity contribution in [3.63, 3.8) is 0 Å². The fourth-order valence-electron chi connectivity index (χ4n) is 4.16. The summed E-state index contributed by atoms with van der Waals surface area (Å²) in [5.41, 5.74) is -4.68. The third-order valence-corrected chi connectivity index (χ3v) is 7.32. The first kappa shape index (κ1) is 26.2. The minimum Gasteiger partial charge on any atom is -0.482 e. The van der Waals surface area contributed by atoms with Crippen LogP contribution in [-0.2, 0) is 19.0 Å². The van der Waals surface area contributed by atoms with Crippen LogP contribution in [0, 0.1) is 20.8 Å². The van der Waals surface area contributed by atoms with Gasteiger partial charge in [-0.15, -0.1) is 0 Å². The number of rotatable bonds is 2. The van der Waals surface area contributed by atoms with Crippen molar-refractivity contribution in [1.29, 1.82) is 0 Å². The third kappa shape index (κ3) is 4.71. The lowest BCUT2D eigenvalue weighted by molar-refractivity contribution is -0.0513. The predicted octanol–water partition coefficient (Wildman–Crippen LogP) is 5.37. The molecule has 0 saturated carbocycles. The van der Waals surface area contributed by atoms with E-state index in [4.69, 9.17) is 13.7 Å². The molecule has 1 aromatic carbocycles. The number of ether oxygens (including phenoxy) is 2. The number of benzene rings is 1. The third-order valence-electron chi connectivity index (χ3n) is 6.37. The summed E-state index contributed by atoms with van der Waals surface area (Å²) in [4.78, 5) is 14.0. The van der Waals surface area contributed by atoms with E-state index in [2.05, 4.69) is 0 Å². The number of carbonyl (C=O) groups is 1. The van der Waals surface area contributed by atoms with Gasteiger partial charge in [-0.25, -0.2) is 4.79 Å². The summed E-state index contributed by atoms with van der Waals surface area (Å²) in [5, 5.41) is 0. The number of nitrogens with zero attached hydrogens (tertiary/aromatic N) is 1. The van der Waals surface area contributed by atoms with Crippen molar-refractivity contribution in [2.24, 2.45) is 0 Å². The molecule has 2 heterocycles. The van der Waals surface area contributed by atoms with Gasteiger partial charge in [0.1, 0.15) is 17.0 Å². The number of hydrogen-bond acceptors (Lipinski definition) is 6. The Labute approximate surface area is 198 Å². The largest absolute Gasteiger partial charge is 0.534 e. The van der Waals surface area contributed by atoms with Crippen LogP contribution in [0.5, 0.6) is 5.75 Å². The van der Waals surface area contributed by atoms with Crippen molar-refractivity contribution in [1.82, 2.24) is 4.90 Å². The number of alkyl halides is 3. The summed E-state index contributed by atoms with van der Waals surface area (Å²) in [6.45, 7) is 12.6. The molecule has 0 aromatic heterocycles. The topological polar surface area (TPSA) is 82.1 Å². The summed E-state index contributed by atoms with van der Waals surface area (Å²) >= 11 is 0. The molecule has 0 aliphatic carbocycles. The van der Waals surface area contributed by atoms with Crippen LogP contribution in [0.2, 0.25) is 0 Å². The molecule has 11 heteroatoms. The quantitative estimate of drug-likeness (QED) is 0.397. The highest BCUT2D eigenvalue weighted by atomic mass is 32.2. The number of aryl methyl sites for hydroxylation is 1. The van der Waals surface area contributed by atoms with Gasteiger partial charge in [0.05, 0.1) is 5.56 Å². The van der Waals surface area contributed by atoms with Crippen molar-refractivity contribution in [3.05, 3.63) is 33.9 Å². The van der Waals surface area contributed by atoms with Crippen LogP contribution < -0.4 is 4.74 Å². The molecule has 2 aliphatic rings. The minimum atomic E-state index is -5.91. The van der Waals surface area contributed by atoms with Crippen molar-refractivity contribution in [2.45, 2.75) is 78.0 Å². The first-order valence-electron chi connectivity index (χ1n) is 10.9. The van der Waals surface area contributed by atoms with E-state index in [1.807, 2.05) is 6.92 Å². The number of piperidine rings is 1. The van der Waals surface area contributed by atoms with Gasteiger partial charge in [0.15, 0.2) is 5.76 Å². The van der Waals surface area contributed by atoms with Crippen molar-refractivity contribution in [2.75, 3.05) is 13.1 Å². The number of hydrogen-bond donors (Lipinski definition) is 0. The lowest BCUT2D eigenvalue weighted by atomic mass is 9.80. The minimum absolute atomic E-state index is 0.158. The van der Waals surface area contributed by atoms with Crippen LogP contribution in [0.25, 0.3) is 5.76 Å². The van der Waals surface area contributed by atoms with E-state index < -0.39 is 32.9 Å². The Morgan fingerprint density at radius 3 is 2.12 bits per heavy atom. The summed E-state index contributed by atoms with van der Waals surface area (Å²) < 4.78 is 80.1. The molecule has 2 aliphatic heterocycles. The van der Waals surface area contributed by atoms with Crippen LogP contribution >= 0.6 is 0 Å². The average Bonchev–Trinajstić information content (AvgIpc) is 2.69. The van der Waals surface area contributed by atoms with Gasteiger partial charge < -0.3 is 18.6 Å². The fourth-order valence-corrected chi connectivity index (χ4v) is 4.69. The Morgan fingerprint density at radius 2 is 1.62 bits per heavy atom. The number of fused-ring (bicyclic) bond motifs is 1. The standard InChI is InChI=1S/C23H30F3NO6S/c1-13-12-17-18(15(3)14(13)2)31-22(16(4)19(17)33-34(29,30)23(24,25)26)8-10-27(11-9-22)20(28)32-21(5,6)7/h12H,8-11H2,1-7H3. The van der Waals surface area contributed by atoms with Gasteiger partial charge in [-0.2, -0.15) is 21.6 Å². The Kier molecular flexibility index (Phi) is 6.43. The molecule has 1 aromatic rings. The second-order valence-electron chi connectivity index (χ2n) is 9.82. The molecular weight excluding hydrogens is 475 g/mol. The number of likely N-dealkylation sites (tertiary alicyclic amines) is 1. The van der Waals surface area contributed by atoms with Gasteiger partial charge in [0, 0.05) is 31.5 Å². The van der Waals surface area contributed by atoms with Gasteiger partial charge in [-0.1, -0.05) is 0 Å². The van der Waals surface area contributed by atoms with E-state index in [-0.39, 0.29) is 48.6 Å². The van der Waals surface area contributed by atoms with E-state index in [1.165, 1.54) is 11.8 Å².